The van der Waals surface area contributed by atoms with Gasteiger partial charge in [-0.05, 0) is 49.3 Å². The highest BCUT2D eigenvalue weighted by Crippen LogP contribution is 2.40. The van der Waals surface area contributed by atoms with Gasteiger partial charge in [-0.1, -0.05) is 78.9 Å². The molecule has 37 heavy (non-hydrogen) atoms. The van der Waals surface area contributed by atoms with E-state index in [-0.39, 0.29) is 5.92 Å². The molecular weight excluding hydrogens is 484 g/mol. The van der Waals surface area contributed by atoms with Crippen LogP contribution in [-0.4, -0.2) is 25.6 Å². The Morgan fingerprint density at radius 2 is 1.68 bits per heavy atom. The van der Waals surface area contributed by atoms with Gasteiger partial charge in [-0.3, -0.25) is 4.79 Å². The zero-order valence-electron chi connectivity index (χ0n) is 20.6. The van der Waals surface area contributed by atoms with Gasteiger partial charge in [0.15, 0.2) is 5.76 Å². The maximum Gasteiger partial charge on any atom is 0.264 e. The van der Waals surface area contributed by atoms with Gasteiger partial charge in [0, 0.05) is 22.3 Å². The maximum atomic E-state index is 12.4. The monoisotopic (exact) mass is 512 g/mol. The van der Waals surface area contributed by atoms with Crippen molar-refractivity contribution in [3.63, 3.8) is 0 Å². The lowest BCUT2D eigenvalue weighted by atomic mass is 9.83. The van der Waals surface area contributed by atoms with E-state index < -0.39 is 15.9 Å². The maximum absolute atomic E-state index is 12.4. The molecule has 188 valence electrons. The van der Waals surface area contributed by atoms with Gasteiger partial charge in [0.1, 0.15) is 5.69 Å². The van der Waals surface area contributed by atoms with Crippen LogP contribution in [0.4, 0.5) is 0 Å². The molecule has 1 unspecified atom stereocenters. The number of carbonyl (C=O) groups is 1. The van der Waals surface area contributed by atoms with Crippen LogP contribution in [0.5, 0.6) is 0 Å². The quantitative estimate of drug-likeness (QED) is 0.322. The topological polar surface area (TPSA) is 89.3 Å². The molecule has 3 aromatic carbocycles. The predicted octanol–water partition coefficient (Wildman–Crippen LogP) is 6.12. The van der Waals surface area contributed by atoms with Crippen LogP contribution >= 0.6 is 0 Å². The molecule has 0 saturated carbocycles. The van der Waals surface area contributed by atoms with E-state index in [1.54, 1.807) is 18.2 Å². The van der Waals surface area contributed by atoms with Gasteiger partial charge in [-0.25, -0.2) is 18.1 Å². The Kier molecular flexibility index (Phi) is 7.06. The van der Waals surface area contributed by atoms with Gasteiger partial charge in [0.25, 0.3) is 5.91 Å². The van der Waals surface area contributed by atoms with Crippen molar-refractivity contribution in [3.05, 3.63) is 108 Å². The van der Waals surface area contributed by atoms with Crippen molar-refractivity contribution in [2.45, 2.75) is 25.7 Å². The molecule has 1 N–H and O–H groups in total. The summed E-state index contributed by atoms with van der Waals surface area (Å²) in [5.41, 5.74) is 5.12. The lowest BCUT2D eigenvalue weighted by molar-refractivity contribution is 0.0981. The van der Waals surface area contributed by atoms with Crippen LogP contribution in [0.3, 0.4) is 0 Å². The van der Waals surface area contributed by atoms with E-state index in [9.17, 15) is 13.2 Å². The van der Waals surface area contributed by atoms with E-state index in [2.05, 4.69) is 6.08 Å². The second-order valence-corrected chi connectivity index (χ2v) is 11.1. The first-order valence-corrected chi connectivity index (χ1v) is 14.2. The lowest BCUT2D eigenvalue weighted by Crippen LogP contribution is -2.29. The van der Waals surface area contributed by atoms with E-state index in [0.29, 0.717) is 17.9 Å². The molecule has 0 spiro atoms. The fraction of sp³-hybridized carbons (Fsp3) is 0.200. The number of sulfonamides is 1. The summed E-state index contributed by atoms with van der Waals surface area (Å²) < 4.78 is 31.5. The Labute approximate surface area is 217 Å². The van der Waals surface area contributed by atoms with Crippen LogP contribution in [0.2, 0.25) is 0 Å². The minimum absolute atomic E-state index is 0.160. The third kappa shape index (κ3) is 5.89. The van der Waals surface area contributed by atoms with Crippen molar-refractivity contribution < 1.29 is 17.6 Å². The van der Waals surface area contributed by atoms with E-state index in [1.807, 2.05) is 71.5 Å². The van der Waals surface area contributed by atoms with Gasteiger partial charge in [0.2, 0.25) is 15.9 Å². The molecule has 1 aromatic heterocycles. The SMILES string of the molecule is CS(=O)(=O)NC(=O)c1cccc(CC2CCCC=C2c2nc(-c3ccccc3)c(-c3ccccc3)o2)c1. The van der Waals surface area contributed by atoms with E-state index >= 15 is 0 Å². The fourth-order valence-corrected chi connectivity index (χ4v) is 5.24. The summed E-state index contributed by atoms with van der Waals surface area (Å²) in [6, 6.07) is 27.2. The van der Waals surface area contributed by atoms with Crippen molar-refractivity contribution >= 4 is 21.5 Å². The first kappa shape index (κ1) is 24.7. The molecule has 0 aliphatic heterocycles. The molecule has 4 aromatic rings. The van der Waals surface area contributed by atoms with Crippen LogP contribution in [0.25, 0.3) is 28.2 Å². The first-order valence-electron chi connectivity index (χ1n) is 12.3. The summed E-state index contributed by atoms with van der Waals surface area (Å²) in [5.74, 6) is 0.893. The Morgan fingerprint density at radius 1 is 0.973 bits per heavy atom. The van der Waals surface area contributed by atoms with Gasteiger partial charge in [0.05, 0.1) is 6.26 Å². The molecule has 0 fully saturated rings. The Hall–Kier alpha value is -3.97. The summed E-state index contributed by atoms with van der Waals surface area (Å²) in [4.78, 5) is 17.4. The van der Waals surface area contributed by atoms with E-state index in [4.69, 9.17) is 9.40 Å². The summed E-state index contributed by atoms with van der Waals surface area (Å²) >= 11 is 0. The minimum Gasteiger partial charge on any atom is -0.436 e. The van der Waals surface area contributed by atoms with Crippen molar-refractivity contribution in [2.75, 3.05) is 6.26 Å². The van der Waals surface area contributed by atoms with E-state index in [0.717, 1.165) is 59.2 Å². The number of nitrogens with zero attached hydrogens (tertiary/aromatic N) is 1. The first-order chi connectivity index (χ1) is 17.9. The lowest BCUT2D eigenvalue weighted by Gasteiger charge is -2.22. The molecule has 1 aliphatic rings. The predicted molar refractivity (Wildman–Crippen MR) is 145 cm³/mol. The summed E-state index contributed by atoms with van der Waals surface area (Å²) in [6.45, 7) is 0. The van der Waals surface area contributed by atoms with Crippen LogP contribution < -0.4 is 4.72 Å². The molecule has 7 heteroatoms. The number of hydrogen-bond donors (Lipinski definition) is 1. The second kappa shape index (κ2) is 10.6. The highest BCUT2D eigenvalue weighted by atomic mass is 32.2. The second-order valence-electron chi connectivity index (χ2n) is 9.32. The normalized spacial score (nSPS) is 15.7. The van der Waals surface area contributed by atoms with Gasteiger partial charge in [-0.2, -0.15) is 0 Å². The molecule has 0 saturated heterocycles. The third-order valence-electron chi connectivity index (χ3n) is 6.47. The largest absolute Gasteiger partial charge is 0.436 e. The average molecular weight is 513 g/mol. The van der Waals surface area contributed by atoms with Gasteiger partial charge >= 0.3 is 0 Å². The Bertz CT molecular complexity index is 1480. The highest BCUT2D eigenvalue weighted by molar-refractivity contribution is 7.89. The van der Waals surface area contributed by atoms with Crippen molar-refractivity contribution in [1.29, 1.82) is 0 Å². The number of aromatic nitrogens is 1. The van der Waals surface area contributed by atoms with Crippen molar-refractivity contribution in [1.82, 2.24) is 9.71 Å². The van der Waals surface area contributed by atoms with Crippen molar-refractivity contribution in [3.8, 4) is 22.6 Å². The molecule has 0 bridgehead atoms. The van der Waals surface area contributed by atoms with Crippen LogP contribution in [-0.2, 0) is 16.4 Å². The number of carbonyl (C=O) groups excluding carboxylic acids is 1. The number of hydrogen-bond acceptors (Lipinski definition) is 5. The molecule has 0 radical (unpaired) electrons. The van der Waals surface area contributed by atoms with Crippen LogP contribution in [0, 0.1) is 5.92 Å². The van der Waals surface area contributed by atoms with Gasteiger partial charge in [-0.15, -0.1) is 0 Å². The minimum atomic E-state index is -3.63. The smallest absolute Gasteiger partial charge is 0.264 e. The summed E-state index contributed by atoms with van der Waals surface area (Å²) in [6.07, 6.45) is 6.85. The zero-order chi connectivity index (χ0) is 25.8. The highest BCUT2D eigenvalue weighted by Gasteiger charge is 2.26. The Balaban J connectivity index is 1.47. The Morgan fingerprint density at radius 3 is 2.38 bits per heavy atom. The molecule has 1 aliphatic carbocycles. The molecule has 1 heterocycles. The fourth-order valence-electron chi connectivity index (χ4n) is 4.79. The van der Waals surface area contributed by atoms with E-state index in [1.165, 1.54) is 0 Å². The number of benzene rings is 3. The van der Waals surface area contributed by atoms with Crippen molar-refractivity contribution in [2.24, 2.45) is 5.92 Å². The summed E-state index contributed by atoms with van der Waals surface area (Å²) in [5, 5.41) is 0. The number of amides is 1. The zero-order valence-corrected chi connectivity index (χ0v) is 21.4. The van der Waals surface area contributed by atoms with Crippen LogP contribution in [0.1, 0.15) is 41.1 Å². The third-order valence-corrected chi connectivity index (χ3v) is 7.02. The molecular formula is C30H28N2O4S. The standard InChI is InChI=1S/C30H28N2O4S/c1-37(34,35)32-29(33)25-17-10-11-21(20-25)19-24-16-8-9-18-26(24)30-31-27(22-12-4-2-5-13-22)28(36-30)23-14-6-3-7-15-23/h2-7,10-15,17-18,20,24H,8-9,16,19H2,1H3,(H,32,33). The number of allylic oxidation sites excluding steroid dienone is 2. The van der Waals surface area contributed by atoms with Crippen LogP contribution in [0.15, 0.2) is 95.4 Å². The molecule has 5 rings (SSSR count). The summed E-state index contributed by atoms with van der Waals surface area (Å²) in [7, 11) is -3.63. The number of oxazole rings is 1. The molecule has 1 atom stereocenters. The number of nitrogens with one attached hydrogen (secondary N) is 1. The average Bonchev–Trinajstić information content (AvgIpc) is 3.35. The molecule has 6 nitrogen and oxygen atoms in total. The molecule has 1 amide bonds. The van der Waals surface area contributed by atoms with Gasteiger partial charge < -0.3 is 4.42 Å². The number of rotatable bonds is 7.